The molecule has 2 rings (SSSR count). The number of halogens is 4. The van der Waals surface area contributed by atoms with Crippen LogP contribution in [0.25, 0.3) is 0 Å². The Balaban J connectivity index is 2.25. The molecule has 98 valence electrons. The quantitative estimate of drug-likeness (QED) is 0.568. The minimum Gasteiger partial charge on any atom is -0.321 e. The summed E-state index contributed by atoms with van der Waals surface area (Å²) in [6.45, 7) is 0. The topological polar surface area (TPSA) is 29.1 Å². The molecule has 0 fully saturated rings. The van der Waals surface area contributed by atoms with Crippen molar-refractivity contribution in [1.82, 2.24) is 0 Å². The van der Waals surface area contributed by atoms with Crippen molar-refractivity contribution in [2.75, 3.05) is 5.32 Å². The summed E-state index contributed by atoms with van der Waals surface area (Å²) in [6.07, 6.45) is 0. The van der Waals surface area contributed by atoms with Crippen LogP contribution in [0.15, 0.2) is 40.9 Å². The fourth-order valence-electron chi connectivity index (χ4n) is 1.43. The van der Waals surface area contributed by atoms with Gasteiger partial charge in [-0.25, -0.2) is 0 Å². The van der Waals surface area contributed by atoms with Gasteiger partial charge in [0.25, 0.3) is 5.91 Å². The molecule has 0 heterocycles. The minimum atomic E-state index is -0.227. The Labute approximate surface area is 142 Å². The zero-order valence-electron chi connectivity index (χ0n) is 9.38. The molecule has 0 aliphatic heterocycles. The fourth-order valence-corrected chi connectivity index (χ4v) is 2.55. The number of nitrogens with one attached hydrogen (secondary N) is 1. The highest BCUT2D eigenvalue weighted by molar-refractivity contribution is 14.1. The molecule has 0 aliphatic rings. The van der Waals surface area contributed by atoms with E-state index in [1.807, 2.05) is 18.2 Å². The number of hydrogen-bond donors (Lipinski definition) is 1. The van der Waals surface area contributed by atoms with Crippen LogP contribution in [0.2, 0.25) is 10.0 Å². The molecule has 1 N–H and O–H groups in total. The van der Waals surface area contributed by atoms with E-state index in [0.29, 0.717) is 15.6 Å². The van der Waals surface area contributed by atoms with Gasteiger partial charge in [-0.3, -0.25) is 4.79 Å². The molecule has 19 heavy (non-hydrogen) atoms. The highest BCUT2D eigenvalue weighted by Crippen LogP contribution is 2.25. The van der Waals surface area contributed by atoms with Crippen LogP contribution in [-0.4, -0.2) is 5.91 Å². The van der Waals surface area contributed by atoms with Crippen molar-refractivity contribution in [3.8, 4) is 0 Å². The van der Waals surface area contributed by atoms with Crippen LogP contribution in [0.3, 0.4) is 0 Å². The van der Waals surface area contributed by atoms with Gasteiger partial charge in [-0.15, -0.1) is 0 Å². The van der Waals surface area contributed by atoms with Crippen LogP contribution in [-0.2, 0) is 0 Å². The Morgan fingerprint density at radius 1 is 1.11 bits per heavy atom. The van der Waals surface area contributed by atoms with Gasteiger partial charge in [0, 0.05) is 13.6 Å². The first kappa shape index (κ1) is 15.1. The summed E-state index contributed by atoms with van der Waals surface area (Å²) in [5, 5.41) is 3.62. The third-order valence-electron chi connectivity index (χ3n) is 2.36. The first-order valence-electron chi connectivity index (χ1n) is 5.19. The standard InChI is InChI=1S/C13H7BrCl2INO/c14-8-2-4-11(17)12(6-8)18-13(19)7-1-3-9(15)10(16)5-7/h1-6H,(H,18,19). The summed E-state index contributed by atoms with van der Waals surface area (Å²) in [7, 11) is 0. The highest BCUT2D eigenvalue weighted by atomic mass is 127. The Kier molecular flexibility index (Phi) is 5.11. The Hall–Kier alpha value is -0.300. The number of anilines is 1. The van der Waals surface area contributed by atoms with Crippen molar-refractivity contribution >= 4 is 73.3 Å². The van der Waals surface area contributed by atoms with Crippen LogP contribution in [0.4, 0.5) is 5.69 Å². The zero-order valence-corrected chi connectivity index (χ0v) is 14.6. The van der Waals surface area contributed by atoms with E-state index in [-0.39, 0.29) is 5.91 Å². The van der Waals surface area contributed by atoms with Crippen LogP contribution < -0.4 is 5.32 Å². The van der Waals surface area contributed by atoms with Crippen LogP contribution in [0.1, 0.15) is 10.4 Å². The first-order chi connectivity index (χ1) is 8.97. The van der Waals surface area contributed by atoms with Crippen molar-refractivity contribution in [2.24, 2.45) is 0 Å². The van der Waals surface area contributed by atoms with E-state index in [1.165, 1.54) is 0 Å². The van der Waals surface area contributed by atoms with Crippen molar-refractivity contribution in [3.05, 3.63) is 60.0 Å². The van der Waals surface area contributed by atoms with Gasteiger partial charge in [0.05, 0.1) is 15.7 Å². The second-order valence-corrected chi connectivity index (χ2v) is 6.60. The van der Waals surface area contributed by atoms with E-state index < -0.39 is 0 Å². The van der Waals surface area contributed by atoms with Crippen LogP contribution in [0.5, 0.6) is 0 Å². The molecule has 6 heteroatoms. The maximum absolute atomic E-state index is 12.1. The molecule has 0 radical (unpaired) electrons. The lowest BCUT2D eigenvalue weighted by atomic mass is 10.2. The SMILES string of the molecule is O=C(Nc1cc(Br)ccc1I)c1ccc(Cl)c(Cl)c1. The Morgan fingerprint density at radius 2 is 1.84 bits per heavy atom. The van der Waals surface area contributed by atoms with Gasteiger partial charge in [0.2, 0.25) is 0 Å². The maximum atomic E-state index is 12.1. The minimum absolute atomic E-state index is 0.227. The predicted octanol–water partition coefficient (Wildman–Crippen LogP) is 5.61. The van der Waals surface area contributed by atoms with E-state index in [4.69, 9.17) is 23.2 Å². The number of benzene rings is 2. The number of amides is 1. The lowest BCUT2D eigenvalue weighted by Crippen LogP contribution is -2.12. The van der Waals surface area contributed by atoms with Gasteiger partial charge in [-0.2, -0.15) is 0 Å². The molecule has 2 nitrogen and oxygen atoms in total. The molecule has 0 atom stereocenters. The molecule has 0 aromatic heterocycles. The summed E-state index contributed by atoms with van der Waals surface area (Å²) < 4.78 is 1.85. The monoisotopic (exact) mass is 469 g/mol. The molecule has 0 aliphatic carbocycles. The lowest BCUT2D eigenvalue weighted by molar-refractivity contribution is 0.102. The summed E-state index contributed by atoms with van der Waals surface area (Å²) in [4.78, 5) is 12.1. The Bertz CT molecular complexity index is 649. The van der Waals surface area contributed by atoms with E-state index >= 15 is 0 Å². The fraction of sp³-hybridized carbons (Fsp3) is 0. The summed E-state index contributed by atoms with van der Waals surface area (Å²) in [5.41, 5.74) is 1.20. The second kappa shape index (κ2) is 6.43. The van der Waals surface area contributed by atoms with Crippen molar-refractivity contribution in [2.45, 2.75) is 0 Å². The highest BCUT2D eigenvalue weighted by Gasteiger charge is 2.10. The molecule has 0 saturated heterocycles. The van der Waals surface area contributed by atoms with E-state index in [2.05, 4.69) is 43.8 Å². The van der Waals surface area contributed by atoms with Crippen LogP contribution >= 0.6 is 61.7 Å². The number of hydrogen-bond acceptors (Lipinski definition) is 1. The Morgan fingerprint density at radius 3 is 2.53 bits per heavy atom. The largest absolute Gasteiger partial charge is 0.321 e. The molecule has 1 amide bonds. The van der Waals surface area contributed by atoms with E-state index in [9.17, 15) is 4.79 Å². The van der Waals surface area contributed by atoms with Gasteiger partial charge >= 0.3 is 0 Å². The maximum Gasteiger partial charge on any atom is 0.255 e. The lowest BCUT2D eigenvalue weighted by Gasteiger charge is -2.08. The number of carbonyl (C=O) groups excluding carboxylic acids is 1. The summed E-state index contributed by atoms with van der Waals surface area (Å²) in [6, 6.07) is 10.5. The number of rotatable bonds is 2. The third kappa shape index (κ3) is 3.84. The number of carbonyl (C=O) groups is 1. The molecule has 0 unspecified atom stereocenters. The molecule has 2 aromatic rings. The van der Waals surface area contributed by atoms with Crippen molar-refractivity contribution < 1.29 is 4.79 Å². The first-order valence-corrected chi connectivity index (χ1v) is 7.81. The molecule has 0 saturated carbocycles. The van der Waals surface area contributed by atoms with Gasteiger partial charge in [-0.05, 0) is 59.0 Å². The average molecular weight is 471 g/mol. The smallest absolute Gasteiger partial charge is 0.255 e. The summed E-state index contributed by atoms with van der Waals surface area (Å²) >= 11 is 17.2. The average Bonchev–Trinajstić information content (AvgIpc) is 2.37. The zero-order chi connectivity index (χ0) is 14.0. The second-order valence-electron chi connectivity index (χ2n) is 3.71. The predicted molar refractivity (Wildman–Crippen MR) is 91.3 cm³/mol. The molecule has 2 aromatic carbocycles. The van der Waals surface area contributed by atoms with Gasteiger partial charge < -0.3 is 5.32 Å². The molecule has 0 bridgehead atoms. The van der Waals surface area contributed by atoms with E-state index in [1.54, 1.807) is 18.2 Å². The molecular weight excluding hydrogens is 464 g/mol. The van der Waals surface area contributed by atoms with Crippen LogP contribution in [0, 0.1) is 3.57 Å². The molecule has 0 spiro atoms. The molecular formula is C13H7BrCl2INO. The van der Waals surface area contributed by atoms with E-state index in [0.717, 1.165) is 13.7 Å². The van der Waals surface area contributed by atoms with Gasteiger partial charge in [0.1, 0.15) is 0 Å². The van der Waals surface area contributed by atoms with Crippen molar-refractivity contribution in [1.29, 1.82) is 0 Å². The van der Waals surface area contributed by atoms with Crippen molar-refractivity contribution in [3.63, 3.8) is 0 Å². The summed E-state index contributed by atoms with van der Waals surface area (Å²) in [5.74, 6) is -0.227. The normalized spacial score (nSPS) is 10.3. The van der Waals surface area contributed by atoms with Gasteiger partial charge in [-0.1, -0.05) is 39.1 Å². The van der Waals surface area contributed by atoms with Gasteiger partial charge in [0.15, 0.2) is 0 Å². The third-order valence-corrected chi connectivity index (χ3v) is 4.53.